The van der Waals surface area contributed by atoms with Crippen molar-refractivity contribution in [3.63, 3.8) is 0 Å². The molecule has 0 aromatic rings. The first-order valence-corrected chi connectivity index (χ1v) is 19.7. The molecule has 5 heteroatoms. The molecule has 0 aromatic heterocycles. The first kappa shape index (κ1) is 27.4. The highest BCUT2D eigenvalue weighted by Gasteiger charge is 2.20. The van der Waals surface area contributed by atoms with Gasteiger partial charge in [0.15, 0.2) is 0 Å². The largest absolute Gasteiger partial charge is 0.377 e. The second-order valence-electron chi connectivity index (χ2n) is 7.68. The zero-order valence-corrected chi connectivity index (χ0v) is 22.7. The van der Waals surface area contributed by atoms with E-state index in [4.69, 9.17) is 4.74 Å². The Kier molecular flexibility index (Phi) is 20.7. The molecule has 0 saturated carbocycles. The van der Waals surface area contributed by atoms with E-state index >= 15 is 0 Å². The molecule has 0 atom stereocenters. The highest BCUT2D eigenvalue weighted by Crippen LogP contribution is 2.33. The minimum Gasteiger partial charge on any atom is -0.377 e. The highest BCUT2D eigenvalue weighted by molar-refractivity contribution is 9.72. The predicted octanol–water partition coefficient (Wildman–Crippen LogP) is 9.55. The lowest BCUT2D eigenvalue weighted by atomic mass is 10.0. The summed E-state index contributed by atoms with van der Waals surface area (Å²) < 4.78 is 4.18. The van der Waals surface area contributed by atoms with Crippen LogP contribution in [0.3, 0.4) is 0 Å². The minimum atomic E-state index is -1.34. The second-order valence-corrected chi connectivity index (χ2v) is 31.2. The Hall–Kier alpha value is 1.36. The average Bonchev–Trinajstić information content (AvgIpc) is 2.55. The molecule has 0 aliphatic carbocycles. The van der Waals surface area contributed by atoms with Crippen molar-refractivity contribution in [2.45, 2.75) is 109 Å². The van der Waals surface area contributed by atoms with Gasteiger partial charge in [-0.2, -0.15) is 0 Å². The molecule has 0 radical (unpaired) electrons. The van der Waals surface area contributed by atoms with Crippen LogP contribution in [-0.2, 0) is 4.74 Å². The Labute approximate surface area is 188 Å². The molecule has 0 aliphatic rings. The van der Waals surface area contributed by atoms with Crippen molar-refractivity contribution in [1.29, 1.82) is 0 Å². The van der Waals surface area contributed by atoms with Crippen molar-refractivity contribution < 1.29 is 4.74 Å². The Morgan fingerprint density at radius 2 is 1.00 bits per heavy atom. The molecule has 0 fully saturated rings. The SMILES string of the molecule is C=C(C)COCCCCCCCCCCCCCCCCC[Si](Br)(Br)Br. The third-order valence-corrected chi connectivity index (χ3v) is 9.09. The summed E-state index contributed by atoms with van der Waals surface area (Å²) in [6.45, 7) is 7.50. The molecule has 0 bridgehead atoms. The van der Waals surface area contributed by atoms with Crippen LogP contribution in [0.1, 0.15) is 103 Å². The fraction of sp³-hybridized carbons (Fsp3) is 0.905. The third-order valence-electron chi connectivity index (χ3n) is 4.60. The summed E-state index contributed by atoms with van der Waals surface area (Å²) in [5.74, 6) is 0. The summed E-state index contributed by atoms with van der Waals surface area (Å²) in [4.78, 5) is 0. The van der Waals surface area contributed by atoms with E-state index in [1.807, 2.05) is 6.92 Å². The number of hydrogen-bond acceptors (Lipinski definition) is 1. The number of ether oxygens (including phenoxy) is 1. The normalized spacial score (nSPS) is 11.8. The number of unbranched alkanes of at least 4 members (excludes halogenated alkanes) is 14. The van der Waals surface area contributed by atoms with Gasteiger partial charge >= 0.3 is 0 Å². The topological polar surface area (TPSA) is 9.23 Å². The minimum absolute atomic E-state index is 0.730. The maximum Gasteiger partial charge on any atom is 0.267 e. The van der Waals surface area contributed by atoms with Crippen LogP contribution in [0.15, 0.2) is 12.2 Å². The lowest BCUT2D eigenvalue weighted by Crippen LogP contribution is -2.04. The van der Waals surface area contributed by atoms with E-state index in [1.54, 1.807) is 0 Å². The molecule has 0 unspecified atom stereocenters. The maximum absolute atomic E-state index is 5.52. The van der Waals surface area contributed by atoms with Crippen LogP contribution < -0.4 is 0 Å². The molecule has 156 valence electrons. The van der Waals surface area contributed by atoms with E-state index in [1.165, 1.54) is 102 Å². The quantitative estimate of drug-likeness (QED) is 0.0606. The summed E-state index contributed by atoms with van der Waals surface area (Å²) in [5.41, 5.74) is 1.12. The summed E-state index contributed by atoms with van der Waals surface area (Å²) >= 11 is 11.1. The van der Waals surface area contributed by atoms with E-state index in [2.05, 4.69) is 52.5 Å². The average molecular weight is 577 g/mol. The molecule has 0 saturated heterocycles. The van der Waals surface area contributed by atoms with Crippen molar-refractivity contribution in [1.82, 2.24) is 0 Å². The van der Waals surface area contributed by atoms with Crippen molar-refractivity contribution >= 4 is 49.8 Å². The van der Waals surface area contributed by atoms with Crippen molar-refractivity contribution in [3.05, 3.63) is 12.2 Å². The van der Waals surface area contributed by atoms with Crippen LogP contribution in [-0.4, -0.2) is 17.1 Å². The molecule has 0 aromatic carbocycles. The zero-order chi connectivity index (χ0) is 19.5. The van der Waals surface area contributed by atoms with Gasteiger partial charge in [-0.05, 0) is 19.4 Å². The van der Waals surface area contributed by atoms with Crippen LogP contribution in [0.2, 0.25) is 6.04 Å². The number of rotatable bonds is 20. The van der Waals surface area contributed by atoms with E-state index in [0.29, 0.717) is 0 Å². The van der Waals surface area contributed by atoms with Gasteiger partial charge in [-0.1, -0.05) is 148 Å². The molecular formula is C21H41Br3OSi. The van der Waals surface area contributed by atoms with E-state index < -0.39 is 3.93 Å². The van der Waals surface area contributed by atoms with Crippen LogP contribution in [0, 0.1) is 0 Å². The van der Waals surface area contributed by atoms with Crippen LogP contribution in [0.5, 0.6) is 0 Å². The molecule has 1 nitrogen and oxygen atoms in total. The lowest BCUT2D eigenvalue weighted by molar-refractivity contribution is 0.151. The first-order chi connectivity index (χ1) is 12.4. The Morgan fingerprint density at radius 1 is 0.654 bits per heavy atom. The fourth-order valence-electron chi connectivity index (χ4n) is 3.07. The third kappa shape index (κ3) is 25.4. The zero-order valence-electron chi connectivity index (χ0n) is 17.0. The Balaban J connectivity index is 3.04. The highest BCUT2D eigenvalue weighted by atomic mass is 80.0. The summed E-state index contributed by atoms with van der Waals surface area (Å²) in [7, 11) is 0. The van der Waals surface area contributed by atoms with E-state index in [9.17, 15) is 0 Å². The summed E-state index contributed by atoms with van der Waals surface area (Å²) in [5, 5.41) is 0. The van der Waals surface area contributed by atoms with Crippen molar-refractivity contribution in [3.8, 4) is 0 Å². The van der Waals surface area contributed by atoms with Crippen molar-refractivity contribution in [2.24, 2.45) is 0 Å². The van der Waals surface area contributed by atoms with Gasteiger partial charge in [0.2, 0.25) is 0 Å². The number of halogens is 3. The molecule has 26 heavy (non-hydrogen) atoms. The van der Waals surface area contributed by atoms with Crippen LogP contribution in [0.4, 0.5) is 0 Å². The van der Waals surface area contributed by atoms with Gasteiger partial charge in [0, 0.05) is 6.61 Å². The van der Waals surface area contributed by atoms with Gasteiger partial charge in [0.1, 0.15) is 0 Å². The fourth-order valence-corrected chi connectivity index (χ4v) is 6.25. The van der Waals surface area contributed by atoms with Gasteiger partial charge in [-0.3, -0.25) is 0 Å². The second kappa shape index (κ2) is 19.7. The van der Waals surface area contributed by atoms with Gasteiger partial charge in [-0.15, -0.1) is 0 Å². The standard InChI is InChI=1S/C21H41Br3OSi/c1-21(2)20-25-18-16-14-12-10-8-6-4-3-5-7-9-11-13-15-17-19-26(22,23)24/h1,3-20H2,2H3. The molecule has 0 N–H and O–H groups in total. The summed E-state index contributed by atoms with van der Waals surface area (Å²) in [6.07, 6.45) is 20.9. The molecule has 0 spiro atoms. The van der Waals surface area contributed by atoms with Crippen LogP contribution >= 0.6 is 45.9 Å². The molecular weight excluding hydrogens is 536 g/mol. The first-order valence-electron chi connectivity index (χ1n) is 10.7. The smallest absolute Gasteiger partial charge is 0.267 e. The van der Waals surface area contributed by atoms with Crippen molar-refractivity contribution in [2.75, 3.05) is 13.2 Å². The van der Waals surface area contributed by atoms with Crippen LogP contribution in [0.25, 0.3) is 0 Å². The van der Waals surface area contributed by atoms with Gasteiger partial charge in [-0.25, -0.2) is 0 Å². The van der Waals surface area contributed by atoms with E-state index in [0.717, 1.165) is 18.8 Å². The van der Waals surface area contributed by atoms with E-state index in [-0.39, 0.29) is 0 Å². The monoisotopic (exact) mass is 574 g/mol. The van der Waals surface area contributed by atoms with Gasteiger partial charge in [0.25, 0.3) is 3.93 Å². The van der Waals surface area contributed by atoms with Gasteiger partial charge < -0.3 is 4.74 Å². The molecule has 0 rings (SSSR count). The Bertz CT molecular complexity index is 319. The Morgan fingerprint density at radius 3 is 1.35 bits per heavy atom. The predicted molar refractivity (Wildman–Crippen MR) is 132 cm³/mol. The number of hydrogen-bond donors (Lipinski definition) is 0. The molecule has 0 amide bonds. The maximum atomic E-state index is 5.52. The lowest BCUT2D eigenvalue weighted by Gasteiger charge is -2.08. The molecule has 0 aliphatic heterocycles. The summed E-state index contributed by atoms with van der Waals surface area (Å²) in [6, 6.07) is 1.27. The molecule has 0 heterocycles. The van der Waals surface area contributed by atoms with Gasteiger partial charge in [0.05, 0.1) is 6.61 Å².